The highest BCUT2D eigenvalue weighted by Gasteiger charge is 2.34. The van der Waals surface area contributed by atoms with Crippen LogP contribution >= 0.6 is 0 Å². The number of carbonyl (C=O) groups excluding carboxylic acids is 1. The first-order chi connectivity index (χ1) is 14.7. The lowest BCUT2D eigenvalue weighted by Gasteiger charge is -2.28. The second kappa shape index (κ2) is 8.38. The largest absolute Gasteiger partial charge is 0.464 e. The Kier molecular flexibility index (Phi) is 5.79. The van der Waals surface area contributed by atoms with E-state index in [-0.39, 0.29) is 29.9 Å². The van der Waals surface area contributed by atoms with Crippen LogP contribution in [0.5, 0.6) is 0 Å². The number of sulfone groups is 1. The van der Waals surface area contributed by atoms with Crippen LogP contribution in [0.3, 0.4) is 0 Å². The van der Waals surface area contributed by atoms with Gasteiger partial charge in [-0.15, -0.1) is 0 Å². The van der Waals surface area contributed by atoms with Crippen molar-refractivity contribution in [3.05, 3.63) is 65.4 Å². The molecule has 1 aromatic heterocycles. The van der Waals surface area contributed by atoms with E-state index in [1.807, 2.05) is 68.4 Å². The number of furan rings is 1. The molecule has 7 heteroatoms. The van der Waals surface area contributed by atoms with E-state index in [0.717, 1.165) is 33.3 Å². The molecule has 2 heterocycles. The molecule has 3 aromatic rings. The van der Waals surface area contributed by atoms with E-state index in [9.17, 15) is 13.2 Å². The zero-order valence-corrected chi connectivity index (χ0v) is 19.0. The molecule has 1 amide bonds. The lowest BCUT2D eigenvalue weighted by Crippen LogP contribution is -2.41. The van der Waals surface area contributed by atoms with Gasteiger partial charge in [-0.25, -0.2) is 8.42 Å². The molecule has 1 aliphatic rings. The fourth-order valence-corrected chi connectivity index (χ4v) is 5.86. The number of carbonyl (C=O) groups is 1. The molecule has 1 unspecified atom stereocenters. The first-order valence-corrected chi connectivity index (χ1v) is 12.3. The first kappa shape index (κ1) is 21.4. The van der Waals surface area contributed by atoms with Gasteiger partial charge in [0, 0.05) is 43.3 Å². The molecular formula is C24H28N2O4S. The number of aryl methyl sites for hydroxylation is 1. The lowest BCUT2D eigenvalue weighted by atomic mass is 10.1. The molecule has 1 saturated heterocycles. The fraction of sp³-hybridized carbons (Fsp3) is 0.375. The van der Waals surface area contributed by atoms with Crippen molar-refractivity contribution in [2.45, 2.75) is 32.4 Å². The van der Waals surface area contributed by atoms with Crippen LogP contribution in [0.4, 0.5) is 5.69 Å². The summed E-state index contributed by atoms with van der Waals surface area (Å²) in [7, 11) is 0.849. The number of anilines is 1. The SMILES string of the molecule is Cc1ccc2c(CC(=O)N(Cc3ccc(N(C)C)cc3)C3CCS(=O)(=O)C3)coc2c1. The number of hydrogen-bond acceptors (Lipinski definition) is 5. The molecule has 1 aliphatic heterocycles. The number of benzene rings is 2. The molecule has 2 aromatic carbocycles. The van der Waals surface area contributed by atoms with Crippen molar-refractivity contribution >= 4 is 32.4 Å². The molecule has 0 spiro atoms. The Bertz CT molecular complexity index is 1200. The van der Waals surface area contributed by atoms with Crippen LogP contribution in [0.15, 0.2) is 53.1 Å². The van der Waals surface area contributed by atoms with E-state index in [4.69, 9.17) is 4.42 Å². The predicted octanol–water partition coefficient (Wildman–Crippen LogP) is 3.57. The number of hydrogen-bond donors (Lipinski definition) is 0. The normalized spacial score (nSPS) is 17.7. The predicted molar refractivity (Wildman–Crippen MR) is 123 cm³/mol. The Morgan fingerprint density at radius 1 is 1.13 bits per heavy atom. The molecule has 0 saturated carbocycles. The fourth-order valence-electron chi connectivity index (χ4n) is 4.13. The molecule has 31 heavy (non-hydrogen) atoms. The highest BCUT2D eigenvalue weighted by atomic mass is 32.2. The zero-order valence-electron chi connectivity index (χ0n) is 18.2. The Balaban J connectivity index is 1.59. The van der Waals surface area contributed by atoms with Crippen LogP contribution < -0.4 is 4.90 Å². The highest BCUT2D eigenvalue weighted by Crippen LogP contribution is 2.26. The summed E-state index contributed by atoms with van der Waals surface area (Å²) < 4.78 is 29.9. The second-order valence-electron chi connectivity index (χ2n) is 8.58. The third kappa shape index (κ3) is 4.77. The third-order valence-electron chi connectivity index (χ3n) is 5.93. The Hall–Kier alpha value is -2.80. The lowest BCUT2D eigenvalue weighted by molar-refractivity contribution is -0.133. The molecule has 4 rings (SSSR count). The topological polar surface area (TPSA) is 70.8 Å². The van der Waals surface area contributed by atoms with E-state index >= 15 is 0 Å². The molecule has 0 bridgehead atoms. The van der Waals surface area contributed by atoms with Gasteiger partial charge in [-0.05, 0) is 42.7 Å². The number of fused-ring (bicyclic) bond motifs is 1. The van der Waals surface area contributed by atoms with Gasteiger partial charge in [0.05, 0.1) is 24.2 Å². The van der Waals surface area contributed by atoms with Crippen molar-refractivity contribution in [2.75, 3.05) is 30.5 Å². The van der Waals surface area contributed by atoms with Crippen molar-refractivity contribution in [3.63, 3.8) is 0 Å². The molecule has 1 fully saturated rings. The van der Waals surface area contributed by atoms with Crippen molar-refractivity contribution < 1.29 is 17.6 Å². The number of rotatable bonds is 6. The minimum absolute atomic E-state index is 0.0276. The maximum Gasteiger partial charge on any atom is 0.227 e. The van der Waals surface area contributed by atoms with Gasteiger partial charge >= 0.3 is 0 Å². The minimum Gasteiger partial charge on any atom is -0.464 e. The molecule has 164 valence electrons. The van der Waals surface area contributed by atoms with Crippen LogP contribution in [-0.2, 0) is 27.6 Å². The summed E-state index contributed by atoms with van der Waals surface area (Å²) in [6.45, 7) is 2.39. The van der Waals surface area contributed by atoms with Gasteiger partial charge in [-0.3, -0.25) is 4.79 Å². The quantitative estimate of drug-likeness (QED) is 0.586. The van der Waals surface area contributed by atoms with Crippen LogP contribution in [0.2, 0.25) is 0 Å². The van der Waals surface area contributed by atoms with Gasteiger partial charge in [0.25, 0.3) is 0 Å². The summed E-state index contributed by atoms with van der Waals surface area (Å²) in [4.78, 5) is 17.1. The van der Waals surface area contributed by atoms with E-state index in [1.54, 1.807) is 11.2 Å². The van der Waals surface area contributed by atoms with Crippen molar-refractivity contribution in [1.82, 2.24) is 4.90 Å². The average molecular weight is 441 g/mol. The molecule has 0 N–H and O–H groups in total. The standard InChI is InChI=1S/C24H28N2O4S/c1-17-4-9-22-19(15-30-23(22)12-17)13-24(27)26(21-10-11-31(28,29)16-21)14-18-5-7-20(8-6-18)25(2)3/h4-9,12,15,21H,10-11,13-14,16H2,1-3H3. The van der Waals surface area contributed by atoms with E-state index in [1.165, 1.54) is 0 Å². The van der Waals surface area contributed by atoms with Gasteiger partial charge in [0.2, 0.25) is 5.91 Å². The Morgan fingerprint density at radius 3 is 2.52 bits per heavy atom. The number of amides is 1. The maximum absolute atomic E-state index is 13.4. The Morgan fingerprint density at radius 2 is 1.87 bits per heavy atom. The zero-order chi connectivity index (χ0) is 22.2. The smallest absolute Gasteiger partial charge is 0.227 e. The van der Waals surface area contributed by atoms with Crippen LogP contribution in [-0.4, -0.2) is 50.9 Å². The molecule has 1 atom stereocenters. The van der Waals surface area contributed by atoms with E-state index < -0.39 is 9.84 Å². The van der Waals surface area contributed by atoms with Gasteiger partial charge in [-0.2, -0.15) is 0 Å². The molecule has 6 nitrogen and oxygen atoms in total. The van der Waals surface area contributed by atoms with Crippen LogP contribution in [0, 0.1) is 6.92 Å². The second-order valence-corrected chi connectivity index (χ2v) is 10.8. The minimum atomic E-state index is -3.10. The summed E-state index contributed by atoms with van der Waals surface area (Å²) in [6.07, 6.45) is 2.30. The molecule has 0 aliphatic carbocycles. The van der Waals surface area contributed by atoms with E-state index in [0.29, 0.717) is 13.0 Å². The van der Waals surface area contributed by atoms with Crippen molar-refractivity contribution in [3.8, 4) is 0 Å². The summed E-state index contributed by atoms with van der Waals surface area (Å²) in [5.41, 5.74) is 4.74. The van der Waals surface area contributed by atoms with E-state index in [2.05, 4.69) is 0 Å². The van der Waals surface area contributed by atoms with Crippen LogP contribution in [0.25, 0.3) is 11.0 Å². The van der Waals surface area contributed by atoms with Gasteiger partial charge in [0.1, 0.15) is 5.58 Å². The third-order valence-corrected chi connectivity index (χ3v) is 7.68. The van der Waals surface area contributed by atoms with Gasteiger partial charge < -0.3 is 14.2 Å². The number of nitrogens with zero attached hydrogens (tertiary/aromatic N) is 2. The molecule has 0 radical (unpaired) electrons. The van der Waals surface area contributed by atoms with Crippen molar-refractivity contribution in [2.24, 2.45) is 0 Å². The maximum atomic E-state index is 13.4. The van der Waals surface area contributed by atoms with Gasteiger partial charge in [0.15, 0.2) is 9.84 Å². The summed E-state index contributed by atoms with van der Waals surface area (Å²) >= 11 is 0. The first-order valence-electron chi connectivity index (χ1n) is 10.4. The monoisotopic (exact) mass is 440 g/mol. The Labute approximate surface area is 183 Å². The summed E-state index contributed by atoms with van der Waals surface area (Å²) in [5, 5.41) is 0.924. The van der Waals surface area contributed by atoms with Crippen molar-refractivity contribution in [1.29, 1.82) is 0 Å². The summed E-state index contributed by atoms with van der Waals surface area (Å²) in [5.74, 6) is 0.0801. The average Bonchev–Trinajstić information content (AvgIpc) is 3.28. The van der Waals surface area contributed by atoms with Crippen LogP contribution in [0.1, 0.15) is 23.1 Å². The highest BCUT2D eigenvalue weighted by molar-refractivity contribution is 7.91. The summed E-state index contributed by atoms with van der Waals surface area (Å²) in [6, 6.07) is 13.6. The van der Waals surface area contributed by atoms with Gasteiger partial charge in [-0.1, -0.05) is 24.3 Å². The molecular weight excluding hydrogens is 412 g/mol.